The molecule has 0 saturated heterocycles. The van der Waals surface area contributed by atoms with Crippen LogP contribution in [0.25, 0.3) is 10.8 Å². The van der Waals surface area contributed by atoms with Crippen molar-refractivity contribution in [3.05, 3.63) is 40.6 Å². The number of hydrogen-bond donors (Lipinski definition) is 0. The van der Waals surface area contributed by atoms with E-state index >= 15 is 0 Å². The van der Waals surface area contributed by atoms with E-state index in [1.807, 2.05) is 18.2 Å². The molecule has 0 amide bonds. The van der Waals surface area contributed by atoms with Crippen LogP contribution in [0.2, 0.25) is 0 Å². The van der Waals surface area contributed by atoms with E-state index in [-0.39, 0.29) is 5.82 Å². The van der Waals surface area contributed by atoms with Gasteiger partial charge in [-0.05, 0) is 82.6 Å². The molecule has 1 aliphatic carbocycles. The third kappa shape index (κ3) is 2.98. The number of fused-ring (bicyclic) bond motifs is 1. The van der Waals surface area contributed by atoms with Crippen LogP contribution in [0.15, 0.2) is 34.8 Å². The normalized spacial score (nSPS) is 22.9. The van der Waals surface area contributed by atoms with Crippen molar-refractivity contribution in [1.29, 1.82) is 0 Å². The van der Waals surface area contributed by atoms with Gasteiger partial charge in [0, 0.05) is 0 Å². The molecule has 3 rings (SSSR count). The van der Waals surface area contributed by atoms with Crippen LogP contribution in [0.5, 0.6) is 5.75 Å². The number of rotatable bonds is 2. The molecule has 0 N–H and O–H groups in total. The molecule has 1 fully saturated rings. The summed E-state index contributed by atoms with van der Waals surface area (Å²) in [4.78, 5) is 0. The third-order valence-corrected chi connectivity index (χ3v) is 4.72. The van der Waals surface area contributed by atoms with Crippen LogP contribution in [0.4, 0.5) is 4.39 Å². The van der Waals surface area contributed by atoms with E-state index in [0.717, 1.165) is 35.3 Å². The van der Waals surface area contributed by atoms with Crippen molar-refractivity contribution in [2.75, 3.05) is 0 Å². The molecule has 0 bridgehead atoms. The average molecular weight is 337 g/mol. The Hall–Kier alpha value is -1.09. The second-order valence-corrected chi connectivity index (χ2v) is 6.63. The summed E-state index contributed by atoms with van der Waals surface area (Å²) in [5.74, 6) is 1.48. The first-order chi connectivity index (χ1) is 9.61. The summed E-state index contributed by atoms with van der Waals surface area (Å²) < 4.78 is 20.0. The van der Waals surface area contributed by atoms with E-state index < -0.39 is 0 Å². The lowest BCUT2D eigenvalue weighted by atomic mass is 9.89. The van der Waals surface area contributed by atoms with Crippen LogP contribution in [0.3, 0.4) is 0 Å². The molecule has 0 unspecified atom stereocenters. The smallest absolute Gasteiger partial charge is 0.138 e. The van der Waals surface area contributed by atoms with Gasteiger partial charge in [-0.2, -0.15) is 0 Å². The fourth-order valence-electron chi connectivity index (χ4n) is 2.83. The molecule has 0 aromatic heterocycles. The van der Waals surface area contributed by atoms with Crippen LogP contribution >= 0.6 is 15.9 Å². The molecule has 2 aromatic carbocycles. The molecule has 0 radical (unpaired) electrons. The lowest BCUT2D eigenvalue weighted by Crippen LogP contribution is -2.22. The predicted molar refractivity (Wildman–Crippen MR) is 83.7 cm³/mol. The summed E-state index contributed by atoms with van der Waals surface area (Å²) in [6.07, 6.45) is 5.08. The van der Waals surface area contributed by atoms with Gasteiger partial charge in [-0.3, -0.25) is 0 Å². The van der Waals surface area contributed by atoms with Crippen LogP contribution in [0.1, 0.15) is 32.6 Å². The summed E-state index contributed by atoms with van der Waals surface area (Å²) in [5.41, 5.74) is 0. The predicted octanol–water partition coefficient (Wildman–Crippen LogP) is 5.70. The van der Waals surface area contributed by atoms with E-state index in [9.17, 15) is 4.39 Å². The molecule has 1 saturated carbocycles. The standard InChI is InChI=1S/C17H18BrFO/c1-11-2-5-14(6-3-11)20-15-7-4-12-10-17(19)16(18)9-13(12)8-15/h4,7-11,14H,2-3,5-6H2,1H3. The molecule has 0 heterocycles. The number of halogens is 2. The number of ether oxygens (including phenoxy) is 1. The molecule has 0 spiro atoms. The minimum absolute atomic E-state index is 0.229. The largest absolute Gasteiger partial charge is 0.490 e. The van der Waals surface area contributed by atoms with Gasteiger partial charge < -0.3 is 4.74 Å². The van der Waals surface area contributed by atoms with Gasteiger partial charge in [0.05, 0.1) is 10.6 Å². The van der Waals surface area contributed by atoms with Gasteiger partial charge in [-0.25, -0.2) is 4.39 Å². The van der Waals surface area contributed by atoms with Gasteiger partial charge in [0.25, 0.3) is 0 Å². The molecular weight excluding hydrogens is 319 g/mol. The van der Waals surface area contributed by atoms with Gasteiger partial charge >= 0.3 is 0 Å². The zero-order valence-corrected chi connectivity index (χ0v) is 13.1. The first-order valence-corrected chi connectivity index (χ1v) is 7.96. The third-order valence-electron chi connectivity index (χ3n) is 4.12. The molecule has 2 aromatic rings. The molecule has 106 valence electrons. The van der Waals surface area contributed by atoms with Crippen molar-refractivity contribution in [1.82, 2.24) is 0 Å². The van der Waals surface area contributed by atoms with Crippen LogP contribution in [-0.2, 0) is 0 Å². The number of hydrogen-bond acceptors (Lipinski definition) is 1. The summed E-state index contributed by atoms with van der Waals surface area (Å²) in [7, 11) is 0. The maximum atomic E-state index is 13.5. The zero-order valence-electron chi connectivity index (χ0n) is 11.5. The monoisotopic (exact) mass is 336 g/mol. The molecule has 0 aliphatic heterocycles. The van der Waals surface area contributed by atoms with Gasteiger partial charge in [-0.15, -0.1) is 0 Å². The van der Waals surface area contributed by atoms with Gasteiger partial charge in [0.15, 0.2) is 0 Å². The minimum atomic E-state index is -0.229. The van der Waals surface area contributed by atoms with E-state index in [4.69, 9.17) is 4.74 Å². The highest BCUT2D eigenvalue weighted by Crippen LogP contribution is 2.30. The fourth-order valence-corrected chi connectivity index (χ4v) is 3.19. The van der Waals surface area contributed by atoms with Gasteiger partial charge in [0.2, 0.25) is 0 Å². The second kappa shape index (κ2) is 5.72. The Bertz CT molecular complexity index is 618. The van der Waals surface area contributed by atoms with Gasteiger partial charge in [0.1, 0.15) is 11.6 Å². The Morgan fingerprint density at radius 3 is 2.55 bits per heavy atom. The van der Waals surface area contributed by atoms with E-state index in [2.05, 4.69) is 22.9 Å². The van der Waals surface area contributed by atoms with Crippen molar-refractivity contribution < 1.29 is 9.13 Å². The van der Waals surface area contributed by atoms with Crippen molar-refractivity contribution >= 4 is 26.7 Å². The maximum absolute atomic E-state index is 13.5. The Kier molecular flexibility index (Phi) is 3.97. The fraction of sp³-hybridized carbons (Fsp3) is 0.412. The highest BCUT2D eigenvalue weighted by atomic mass is 79.9. The van der Waals surface area contributed by atoms with E-state index in [1.165, 1.54) is 12.8 Å². The Balaban J connectivity index is 1.80. The highest BCUT2D eigenvalue weighted by Gasteiger charge is 2.19. The summed E-state index contributed by atoms with van der Waals surface area (Å²) >= 11 is 3.23. The van der Waals surface area contributed by atoms with Gasteiger partial charge in [-0.1, -0.05) is 13.0 Å². The minimum Gasteiger partial charge on any atom is -0.490 e. The molecular formula is C17H18BrFO. The molecule has 20 heavy (non-hydrogen) atoms. The lowest BCUT2D eigenvalue weighted by Gasteiger charge is -2.27. The zero-order chi connectivity index (χ0) is 14.1. The van der Waals surface area contributed by atoms with Crippen LogP contribution in [0, 0.1) is 11.7 Å². The molecule has 1 nitrogen and oxygen atoms in total. The Morgan fingerprint density at radius 1 is 1.05 bits per heavy atom. The van der Waals surface area contributed by atoms with Crippen molar-refractivity contribution in [2.24, 2.45) is 5.92 Å². The molecule has 0 atom stereocenters. The van der Waals surface area contributed by atoms with E-state index in [1.54, 1.807) is 12.1 Å². The lowest BCUT2D eigenvalue weighted by molar-refractivity contribution is 0.136. The van der Waals surface area contributed by atoms with Crippen molar-refractivity contribution in [3.63, 3.8) is 0 Å². The quantitative estimate of drug-likeness (QED) is 0.683. The first-order valence-electron chi connectivity index (χ1n) is 7.17. The summed E-state index contributed by atoms with van der Waals surface area (Å²) in [6.45, 7) is 2.30. The average Bonchev–Trinajstić information content (AvgIpc) is 2.43. The first kappa shape index (κ1) is 13.9. The Labute approximate surface area is 127 Å². The van der Waals surface area contributed by atoms with Crippen LogP contribution < -0.4 is 4.74 Å². The summed E-state index contributed by atoms with van der Waals surface area (Å²) in [5, 5.41) is 1.90. The molecule has 1 aliphatic rings. The number of benzene rings is 2. The van der Waals surface area contributed by atoms with E-state index in [0.29, 0.717) is 10.6 Å². The summed E-state index contributed by atoms with van der Waals surface area (Å²) in [6, 6.07) is 9.21. The second-order valence-electron chi connectivity index (χ2n) is 5.78. The molecule has 3 heteroatoms. The Morgan fingerprint density at radius 2 is 1.80 bits per heavy atom. The van der Waals surface area contributed by atoms with Crippen molar-refractivity contribution in [3.8, 4) is 5.75 Å². The van der Waals surface area contributed by atoms with Crippen molar-refractivity contribution in [2.45, 2.75) is 38.7 Å². The highest BCUT2D eigenvalue weighted by molar-refractivity contribution is 9.10. The van der Waals surface area contributed by atoms with Crippen LogP contribution in [-0.4, -0.2) is 6.10 Å². The topological polar surface area (TPSA) is 9.23 Å². The SMILES string of the molecule is CC1CCC(Oc2ccc3cc(F)c(Br)cc3c2)CC1. The maximum Gasteiger partial charge on any atom is 0.138 e.